The van der Waals surface area contributed by atoms with E-state index < -0.39 is 0 Å². The molecule has 0 aromatic heterocycles. The molecule has 0 radical (unpaired) electrons. The molecule has 5 heteroatoms. The Morgan fingerprint density at radius 2 is 2.00 bits per heavy atom. The van der Waals surface area contributed by atoms with Gasteiger partial charge < -0.3 is 20.1 Å². The molecule has 1 saturated heterocycles. The van der Waals surface area contributed by atoms with E-state index in [0.29, 0.717) is 32.1 Å². The summed E-state index contributed by atoms with van der Waals surface area (Å²) in [5.41, 5.74) is 7.03. The van der Waals surface area contributed by atoms with Crippen LogP contribution in [0.25, 0.3) is 0 Å². The number of hydrogen-bond acceptors (Lipinski definition) is 4. The molecular weight excluding hydrogens is 256 g/mol. The monoisotopic (exact) mass is 278 g/mol. The van der Waals surface area contributed by atoms with Crippen molar-refractivity contribution < 1.29 is 14.3 Å². The maximum Gasteiger partial charge on any atom is 0.260 e. The predicted octanol–water partition coefficient (Wildman–Crippen LogP) is 1.33. The van der Waals surface area contributed by atoms with Gasteiger partial charge in [0.2, 0.25) is 0 Å². The number of ether oxygens (including phenoxy) is 2. The number of benzene rings is 1. The van der Waals surface area contributed by atoms with Crippen LogP contribution in [0.15, 0.2) is 24.3 Å². The van der Waals surface area contributed by atoms with Crippen LogP contribution >= 0.6 is 0 Å². The number of morpholine rings is 1. The average Bonchev–Trinajstić information content (AvgIpc) is 2.53. The summed E-state index contributed by atoms with van der Waals surface area (Å²) in [6.45, 7) is 4.62. The number of amides is 1. The number of carbonyl (C=O) groups excluding carboxylic acids is 1. The highest BCUT2D eigenvalue weighted by molar-refractivity contribution is 5.77. The fourth-order valence-electron chi connectivity index (χ4n) is 2.10. The first kappa shape index (κ1) is 14.8. The van der Waals surface area contributed by atoms with Crippen LogP contribution in [0.3, 0.4) is 0 Å². The van der Waals surface area contributed by atoms with E-state index in [-0.39, 0.29) is 18.6 Å². The van der Waals surface area contributed by atoms with Gasteiger partial charge in [-0.3, -0.25) is 4.79 Å². The predicted molar refractivity (Wildman–Crippen MR) is 76.6 cm³/mol. The van der Waals surface area contributed by atoms with Gasteiger partial charge >= 0.3 is 0 Å². The molecule has 2 rings (SSSR count). The summed E-state index contributed by atoms with van der Waals surface area (Å²) in [5.74, 6) is 0.696. The molecule has 0 bridgehead atoms. The number of nitrogens with zero attached hydrogens (tertiary/aromatic N) is 1. The molecule has 1 atom stereocenters. The highest BCUT2D eigenvalue weighted by atomic mass is 16.5. The lowest BCUT2D eigenvalue weighted by Gasteiger charge is -2.26. The van der Waals surface area contributed by atoms with Gasteiger partial charge in [-0.05, 0) is 24.1 Å². The lowest BCUT2D eigenvalue weighted by atomic mass is 10.1. The third-order valence-electron chi connectivity index (χ3n) is 3.47. The zero-order chi connectivity index (χ0) is 14.4. The Kier molecular flexibility index (Phi) is 5.38. The van der Waals surface area contributed by atoms with E-state index in [1.165, 1.54) is 0 Å². The summed E-state index contributed by atoms with van der Waals surface area (Å²) in [6.07, 6.45) is 0.899. The van der Waals surface area contributed by atoms with E-state index in [4.69, 9.17) is 15.2 Å². The highest BCUT2D eigenvalue weighted by Crippen LogP contribution is 2.18. The Morgan fingerprint density at radius 3 is 2.60 bits per heavy atom. The van der Waals surface area contributed by atoms with Crippen LogP contribution in [0.2, 0.25) is 0 Å². The summed E-state index contributed by atoms with van der Waals surface area (Å²) in [7, 11) is 0. The van der Waals surface area contributed by atoms with Crippen molar-refractivity contribution in [3.8, 4) is 5.75 Å². The molecule has 5 nitrogen and oxygen atoms in total. The van der Waals surface area contributed by atoms with Gasteiger partial charge in [-0.1, -0.05) is 19.1 Å². The molecule has 110 valence electrons. The Bertz CT molecular complexity index is 427. The first-order chi connectivity index (χ1) is 9.70. The summed E-state index contributed by atoms with van der Waals surface area (Å²) in [5, 5.41) is 0. The zero-order valence-electron chi connectivity index (χ0n) is 11.9. The first-order valence-corrected chi connectivity index (χ1v) is 7.04. The molecule has 1 aromatic carbocycles. The minimum atomic E-state index is 0.00244. The van der Waals surface area contributed by atoms with Crippen molar-refractivity contribution >= 4 is 5.91 Å². The molecule has 20 heavy (non-hydrogen) atoms. The second-order valence-electron chi connectivity index (χ2n) is 4.87. The molecule has 0 aliphatic carbocycles. The van der Waals surface area contributed by atoms with Gasteiger partial charge in [0.25, 0.3) is 5.91 Å². The van der Waals surface area contributed by atoms with Crippen molar-refractivity contribution in [3.05, 3.63) is 29.8 Å². The summed E-state index contributed by atoms with van der Waals surface area (Å²) < 4.78 is 10.7. The molecule has 1 heterocycles. The van der Waals surface area contributed by atoms with E-state index in [1.807, 2.05) is 24.3 Å². The van der Waals surface area contributed by atoms with Gasteiger partial charge in [0.15, 0.2) is 6.61 Å². The smallest absolute Gasteiger partial charge is 0.260 e. The minimum Gasteiger partial charge on any atom is -0.484 e. The van der Waals surface area contributed by atoms with Crippen LogP contribution in [0.4, 0.5) is 0 Å². The molecule has 1 aliphatic heterocycles. The molecule has 2 N–H and O–H groups in total. The highest BCUT2D eigenvalue weighted by Gasteiger charge is 2.17. The largest absolute Gasteiger partial charge is 0.484 e. The van der Waals surface area contributed by atoms with E-state index in [0.717, 1.165) is 12.0 Å². The lowest BCUT2D eigenvalue weighted by Crippen LogP contribution is -2.42. The Balaban J connectivity index is 1.82. The second kappa shape index (κ2) is 7.26. The van der Waals surface area contributed by atoms with Crippen LogP contribution in [0.1, 0.15) is 24.9 Å². The molecule has 0 unspecified atom stereocenters. The standard InChI is InChI=1S/C15H22N2O3/c1-2-14(16)12-3-5-13(6-4-12)20-11-15(18)17-7-9-19-10-8-17/h3-6,14H,2,7-11,16H2,1H3/t14-/m0/s1. The third-order valence-corrected chi connectivity index (χ3v) is 3.47. The first-order valence-electron chi connectivity index (χ1n) is 7.04. The lowest BCUT2D eigenvalue weighted by molar-refractivity contribution is -0.137. The Labute approximate surface area is 119 Å². The molecule has 1 aliphatic rings. The van der Waals surface area contributed by atoms with E-state index >= 15 is 0 Å². The van der Waals surface area contributed by atoms with Crippen LogP contribution in [0, 0.1) is 0 Å². The van der Waals surface area contributed by atoms with Gasteiger partial charge in [0.1, 0.15) is 5.75 Å². The summed E-state index contributed by atoms with van der Waals surface area (Å²) in [4.78, 5) is 13.7. The van der Waals surface area contributed by atoms with Crippen molar-refractivity contribution in [2.75, 3.05) is 32.9 Å². The van der Waals surface area contributed by atoms with E-state index in [9.17, 15) is 4.79 Å². The molecular formula is C15H22N2O3. The fourth-order valence-corrected chi connectivity index (χ4v) is 2.10. The van der Waals surface area contributed by atoms with Crippen molar-refractivity contribution in [1.29, 1.82) is 0 Å². The molecule has 1 amide bonds. The van der Waals surface area contributed by atoms with Crippen molar-refractivity contribution in [2.45, 2.75) is 19.4 Å². The average molecular weight is 278 g/mol. The van der Waals surface area contributed by atoms with E-state index in [1.54, 1.807) is 4.90 Å². The number of hydrogen-bond donors (Lipinski definition) is 1. The minimum absolute atomic E-state index is 0.00244. The Morgan fingerprint density at radius 1 is 1.35 bits per heavy atom. The van der Waals surface area contributed by atoms with Gasteiger partial charge in [0.05, 0.1) is 13.2 Å². The van der Waals surface area contributed by atoms with Gasteiger partial charge in [-0.2, -0.15) is 0 Å². The van der Waals surface area contributed by atoms with Crippen LogP contribution in [0.5, 0.6) is 5.75 Å². The Hall–Kier alpha value is -1.59. The number of carbonyl (C=O) groups is 1. The van der Waals surface area contributed by atoms with Crippen LogP contribution < -0.4 is 10.5 Å². The molecule has 0 spiro atoms. The number of rotatable bonds is 5. The second-order valence-corrected chi connectivity index (χ2v) is 4.87. The molecule has 1 fully saturated rings. The van der Waals surface area contributed by atoms with Crippen LogP contribution in [-0.2, 0) is 9.53 Å². The van der Waals surface area contributed by atoms with Crippen molar-refractivity contribution in [1.82, 2.24) is 4.90 Å². The van der Waals surface area contributed by atoms with Gasteiger partial charge in [0, 0.05) is 19.1 Å². The summed E-state index contributed by atoms with van der Waals surface area (Å²) in [6, 6.07) is 7.67. The maximum absolute atomic E-state index is 11.9. The summed E-state index contributed by atoms with van der Waals surface area (Å²) >= 11 is 0. The molecule has 0 saturated carbocycles. The fraction of sp³-hybridized carbons (Fsp3) is 0.533. The normalized spacial score (nSPS) is 16.8. The van der Waals surface area contributed by atoms with Gasteiger partial charge in [-0.25, -0.2) is 0 Å². The number of nitrogens with two attached hydrogens (primary N) is 1. The van der Waals surface area contributed by atoms with Crippen LogP contribution in [-0.4, -0.2) is 43.7 Å². The van der Waals surface area contributed by atoms with Crippen molar-refractivity contribution in [2.24, 2.45) is 5.73 Å². The zero-order valence-corrected chi connectivity index (χ0v) is 11.9. The molecule has 1 aromatic rings. The van der Waals surface area contributed by atoms with E-state index in [2.05, 4.69) is 6.92 Å². The quantitative estimate of drug-likeness (QED) is 0.882. The topological polar surface area (TPSA) is 64.8 Å². The SMILES string of the molecule is CC[C@H](N)c1ccc(OCC(=O)N2CCOCC2)cc1. The third kappa shape index (κ3) is 3.95. The maximum atomic E-state index is 11.9. The van der Waals surface area contributed by atoms with Crippen molar-refractivity contribution in [3.63, 3.8) is 0 Å². The van der Waals surface area contributed by atoms with Gasteiger partial charge in [-0.15, -0.1) is 0 Å².